The lowest BCUT2D eigenvalue weighted by Gasteiger charge is -2.31. The molecule has 2 aliphatic heterocycles. The SMILES string of the molecule is CC[C@@]1(O)C(=O)OCc2c1cc1n(c2=O)Cc2cc3cc(N=C(N)C(C)C)ccc3nc2-1. The molecule has 2 aromatic heterocycles. The van der Waals surface area contributed by atoms with Crippen LogP contribution in [0.5, 0.6) is 0 Å². The van der Waals surface area contributed by atoms with Crippen molar-refractivity contribution in [1.29, 1.82) is 0 Å². The molecule has 0 aliphatic carbocycles. The van der Waals surface area contributed by atoms with E-state index in [1.807, 2.05) is 38.1 Å². The number of hydrogen-bond donors (Lipinski definition) is 2. The summed E-state index contributed by atoms with van der Waals surface area (Å²) in [5, 5.41) is 11.9. The molecule has 1 aromatic carbocycles. The van der Waals surface area contributed by atoms with E-state index < -0.39 is 11.6 Å². The zero-order valence-corrected chi connectivity index (χ0v) is 18.2. The van der Waals surface area contributed by atoms with Gasteiger partial charge in [-0.25, -0.2) is 14.8 Å². The maximum Gasteiger partial charge on any atom is 0.343 e. The van der Waals surface area contributed by atoms with Crippen LogP contribution in [0.15, 0.2) is 40.1 Å². The van der Waals surface area contributed by atoms with Crippen LogP contribution in [-0.4, -0.2) is 26.5 Å². The molecule has 3 N–H and O–H groups in total. The fraction of sp³-hybridized carbons (Fsp3) is 0.333. The highest BCUT2D eigenvalue weighted by Gasteiger charge is 2.45. The lowest BCUT2D eigenvalue weighted by molar-refractivity contribution is -0.172. The number of amidine groups is 1. The van der Waals surface area contributed by atoms with Crippen LogP contribution >= 0.6 is 0 Å². The molecule has 8 heteroatoms. The third-order valence-corrected chi connectivity index (χ3v) is 6.34. The number of benzene rings is 1. The normalized spacial score (nSPS) is 19.7. The Hall–Kier alpha value is -3.52. The first kappa shape index (κ1) is 20.4. The maximum atomic E-state index is 13.2. The number of nitrogens with two attached hydrogens (primary N) is 1. The molecule has 0 radical (unpaired) electrons. The van der Waals surface area contributed by atoms with Gasteiger partial charge in [-0.05, 0) is 36.8 Å². The van der Waals surface area contributed by atoms with Crippen molar-refractivity contribution in [3.8, 4) is 11.4 Å². The molecule has 0 amide bonds. The molecule has 8 nitrogen and oxygen atoms in total. The van der Waals surface area contributed by atoms with Gasteiger partial charge in [0.15, 0.2) is 5.60 Å². The van der Waals surface area contributed by atoms with Crippen molar-refractivity contribution in [2.24, 2.45) is 16.6 Å². The second-order valence-corrected chi connectivity index (χ2v) is 8.67. The van der Waals surface area contributed by atoms with Crippen molar-refractivity contribution >= 4 is 28.4 Å². The Morgan fingerprint density at radius 2 is 2.09 bits per heavy atom. The minimum Gasteiger partial charge on any atom is -0.458 e. The van der Waals surface area contributed by atoms with E-state index in [-0.39, 0.29) is 24.5 Å². The Bertz CT molecular complexity index is 1390. The number of nitrogens with zero attached hydrogens (tertiary/aromatic N) is 3. The number of esters is 1. The number of ether oxygens (including phenoxy) is 1. The topological polar surface area (TPSA) is 120 Å². The molecule has 0 saturated carbocycles. The Kier molecular flexibility index (Phi) is 4.46. The molecule has 3 aromatic rings. The summed E-state index contributed by atoms with van der Waals surface area (Å²) in [6.07, 6.45) is 0.114. The predicted molar refractivity (Wildman–Crippen MR) is 121 cm³/mol. The third-order valence-electron chi connectivity index (χ3n) is 6.34. The smallest absolute Gasteiger partial charge is 0.343 e. The highest BCUT2D eigenvalue weighted by Crippen LogP contribution is 2.38. The zero-order chi connectivity index (χ0) is 22.8. The molecule has 2 aliphatic rings. The van der Waals surface area contributed by atoms with Crippen molar-refractivity contribution < 1.29 is 14.6 Å². The van der Waals surface area contributed by atoms with Crippen molar-refractivity contribution in [2.45, 2.75) is 45.9 Å². The quantitative estimate of drug-likeness (QED) is 0.292. The van der Waals surface area contributed by atoms with E-state index in [0.717, 1.165) is 22.2 Å². The van der Waals surface area contributed by atoms with E-state index in [9.17, 15) is 14.7 Å². The first-order valence-electron chi connectivity index (χ1n) is 10.7. The molecule has 0 saturated heterocycles. The molecule has 0 unspecified atom stereocenters. The number of aliphatic imine (C=N–C) groups is 1. The predicted octanol–water partition coefficient (Wildman–Crippen LogP) is 2.72. The summed E-state index contributed by atoms with van der Waals surface area (Å²) in [6.45, 7) is 5.88. The highest BCUT2D eigenvalue weighted by molar-refractivity contribution is 5.90. The van der Waals surface area contributed by atoms with Gasteiger partial charge in [0.1, 0.15) is 12.4 Å². The van der Waals surface area contributed by atoms with Crippen molar-refractivity contribution in [3.05, 3.63) is 57.4 Å². The Morgan fingerprint density at radius 3 is 2.81 bits per heavy atom. The Labute approximate surface area is 184 Å². The lowest BCUT2D eigenvalue weighted by atomic mass is 9.86. The summed E-state index contributed by atoms with van der Waals surface area (Å²) in [4.78, 5) is 34.8. The van der Waals surface area contributed by atoms with Crippen LogP contribution in [0.3, 0.4) is 0 Å². The molecule has 5 rings (SSSR count). The number of pyridine rings is 2. The van der Waals surface area contributed by atoms with Crippen LogP contribution in [0.4, 0.5) is 5.69 Å². The number of cyclic esters (lactones) is 1. The number of fused-ring (bicyclic) bond motifs is 5. The number of aliphatic hydroxyl groups is 1. The molecule has 0 bridgehead atoms. The van der Waals surface area contributed by atoms with Gasteiger partial charge in [0.25, 0.3) is 5.56 Å². The van der Waals surface area contributed by atoms with Gasteiger partial charge in [0.05, 0.1) is 34.7 Å². The zero-order valence-electron chi connectivity index (χ0n) is 18.2. The van der Waals surface area contributed by atoms with E-state index >= 15 is 0 Å². The van der Waals surface area contributed by atoms with Gasteiger partial charge < -0.3 is 20.1 Å². The van der Waals surface area contributed by atoms with Crippen LogP contribution in [0.1, 0.15) is 43.9 Å². The second kappa shape index (κ2) is 7.00. The van der Waals surface area contributed by atoms with Gasteiger partial charge in [-0.2, -0.15) is 0 Å². The molecular formula is C24H24N4O4. The molecule has 1 atom stereocenters. The number of carbonyl (C=O) groups is 1. The summed E-state index contributed by atoms with van der Waals surface area (Å²) in [7, 11) is 0. The summed E-state index contributed by atoms with van der Waals surface area (Å²) in [6, 6.07) is 9.38. The lowest BCUT2D eigenvalue weighted by Crippen LogP contribution is -2.44. The molecule has 4 heterocycles. The van der Waals surface area contributed by atoms with Crippen LogP contribution in [0.2, 0.25) is 0 Å². The molecule has 0 spiro atoms. The van der Waals surface area contributed by atoms with Gasteiger partial charge in [0.2, 0.25) is 0 Å². The summed E-state index contributed by atoms with van der Waals surface area (Å²) >= 11 is 0. The van der Waals surface area contributed by atoms with Crippen molar-refractivity contribution in [1.82, 2.24) is 9.55 Å². The molecule has 32 heavy (non-hydrogen) atoms. The second-order valence-electron chi connectivity index (χ2n) is 8.67. The summed E-state index contributed by atoms with van der Waals surface area (Å²) in [5.41, 5.74) is 8.20. The van der Waals surface area contributed by atoms with Crippen LogP contribution in [0.25, 0.3) is 22.3 Å². The molecule has 164 valence electrons. The average Bonchev–Trinajstić information content (AvgIpc) is 3.13. The maximum absolute atomic E-state index is 13.2. The highest BCUT2D eigenvalue weighted by atomic mass is 16.6. The van der Waals surface area contributed by atoms with E-state index in [2.05, 4.69) is 4.99 Å². The number of aromatic nitrogens is 2. The van der Waals surface area contributed by atoms with Gasteiger partial charge >= 0.3 is 5.97 Å². The first-order valence-corrected chi connectivity index (χ1v) is 10.7. The van der Waals surface area contributed by atoms with Crippen LogP contribution < -0.4 is 11.3 Å². The van der Waals surface area contributed by atoms with Crippen LogP contribution in [0, 0.1) is 5.92 Å². The summed E-state index contributed by atoms with van der Waals surface area (Å²) in [5.74, 6) is -0.0210. The third kappa shape index (κ3) is 2.86. The first-order chi connectivity index (χ1) is 15.2. The van der Waals surface area contributed by atoms with E-state index in [0.29, 0.717) is 34.9 Å². The van der Waals surface area contributed by atoms with E-state index in [1.165, 1.54) is 0 Å². The van der Waals surface area contributed by atoms with Gasteiger partial charge in [0, 0.05) is 22.4 Å². The standard InChI is InChI=1S/C24H24N4O4/c1-4-24(31)17-9-19-20-14(10-28(19)22(29)16(17)11-32-23(24)30)7-13-8-15(5-6-18(13)27-20)26-21(25)12(2)3/h5-9,12,31H,4,10-11H2,1-3H3,(H2,25,26)/t24-/m0/s1. The number of carbonyl (C=O) groups excluding carboxylic acids is 1. The molecule has 0 fully saturated rings. The minimum absolute atomic E-state index is 0.114. The minimum atomic E-state index is -1.83. The Balaban J connectivity index is 1.67. The average molecular weight is 432 g/mol. The summed E-state index contributed by atoms with van der Waals surface area (Å²) < 4.78 is 6.74. The number of hydrogen-bond acceptors (Lipinski definition) is 6. The molecular weight excluding hydrogens is 408 g/mol. The van der Waals surface area contributed by atoms with Crippen molar-refractivity contribution in [3.63, 3.8) is 0 Å². The number of rotatable bonds is 3. The largest absolute Gasteiger partial charge is 0.458 e. The fourth-order valence-electron chi connectivity index (χ4n) is 4.32. The van der Waals surface area contributed by atoms with Crippen molar-refractivity contribution in [2.75, 3.05) is 0 Å². The fourth-order valence-corrected chi connectivity index (χ4v) is 4.32. The van der Waals surface area contributed by atoms with E-state index in [1.54, 1.807) is 17.6 Å². The monoisotopic (exact) mass is 432 g/mol. The van der Waals surface area contributed by atoms with Gasteiger partial charge in [-0.3, -0.25) is 4.79 Å². The van der Waals surface area contributed by atoms with Gasteiger partial charge in [-0.1, -0.05) is 20.8 Å². The van der Waals surface area contributed by atoms with Gasteiger partial charge in [-0.15, -0.1) is 0 Å². The Morgan fingerprint density at radius 1 is 1.31 bits per heavy atom. The van der Waals surface area contributed by atoms with E-state index in [4.69, 9.17) is 15.5 Å². The van der Waals surface area contributed by atoms with Crippen LogP contribution in [-0.2, 0) is 28.3 Å².